The van der Waals surface area contributed by atoms with E-state index < -0.39 is 0 Å². The van der Waals surface area contributed by atoms with Gasteiger partial charge in [-0.1, -0.05) is 26.0 Å². The van der Waals surface area contributed by atoms with Gasteiger partial charge in [-0.3, -0.25) is 0 Å². The van der Waals surface area contributed by atoms with E-state index in [0.29, 0.717) is 35.5 Å². The highest BCUT2D eigenvalue weighted by Crippen LogP contribution is 2.63. The van der Waals surface area contributed by atoms with Gasteiger partial charge in [-0.25, -0.2) is 13.1 Å². The van der Waals surface area contributed by atoms with E-state index in [1.54, 1.807) is 0 Å². The minimum atomic E-state index is -0.296. The molecule has 0 heterocycles. The van der Waals surface area contributed by atoms with Crippen molar-refractivity contribution in [2.24, 2.45) is 35.5 Å². The summed E-state index contributed by atoms with van der Waals surface area (Å²) in [6, 6.07) is 0. The molecule has 3 aliphatic carbocycles. The van der Waals surface area contributed by atoms with Crippen LogP contribution in [0.1, 0.15) is 66.2 Å². The first kappa shape index (κ1) is 17.5. The molecule has 3 saturated carbocycles. The standard InChI is InChI=1S/C22H32N2/c1-14-10-11-22(24-7)16(3)8-9-18-15(2)12-17(19(14)20(18)22)13-21(4,5)23-6/h15-20H,1,8-13H2,2-5H3. The van der Waals surface area contributed by atoms with Crippen molar-refractivity contribution in [3.8, 4) is 0 Å². The highest BCUT2D eigenvalue weighted by atomic mass is 14.9. The Labute approximate surface area is 148 Å². The van der Waals surface area contributed by atoms with Gasteiger partial charge in [0.25, 0.3) is 0 Å². The fraction of sp³-hybridized carbons (Fsp3) is 0.818. The van der Waals surface area contributed by atoms with E-state index in [1.165, 1.54) is 24.8 Å². The van der Waals surface area contributed by atoms with Crippen LogP contribution < -0.4 is 0 Å². The van der Waals surface area contributed by atoms with Gasteiger partial charge in [-0.15, -0.1) is 0 Å². The van der Waals surface area contributed by atoms with Gasteiger partial charge >= 0.3 is 0 Å². The van der Waals surface area contributed by atoms with E-state index in [0.717, 1.165) is 19.3 Å². The van der Waals surface area contributed by atoms with Crippen LogP contribution in [0.15, 0.2) is 12.2 Å². The van der Waals surface area contributed by atoms with Gasteiger partial charge in [0.15, 0.2) is 0 Å². The Morgan fingerprint density at radius 1 is 1.25 bits per heavy atom. The molecule has 0 N–H and O–H groups in total. The van der Waals surface area contributed by atoms with Crippen molar-refractivity contribution < 1.29 is 0 Å². The van der Waals surface area contributed by atoms with E-state index in [1.807, 2.05) is 0 Å². The van der Waals surface area contributed by atoms with Crippen molar-refractivity contribution >= 4 is 0 Å². The molecule has 7 atom stereocenters. The van der Waals surface area contributed by atoms with Gasteiger partial charge in [-0.2, -0.15) is 0 Å². The summed E-state index contributed by atoms with van der Waals surface area (Å²) in [4.78, 5) is 8.22. The van der Waals surface area contributed by atoms with E-state index in [-0.39, 0.29) is 11.1 Å². The molecular weight excluding hydrogens is 292 g/mol. The van der Waals surface area contributed by atoms with Crippen molar-refractivity contribution in [2.75, 3.05) is 0 Å². The van der Waals surface area contributed by atoms with Gasteiger partial charge in [0.2, 0.25) is 11.1 Å². The molecule has 0 bridgehead atoms. The number of nitrogens with zero attached hydrogens (tertiary/aromatic N) is 2. The lowest BCUT2D eigenvalue weighted by molar-refractivity contribution is -0.0537. The smallest absolute Gasteiger partial charge is 0.239 e. The number of hydrogen-bond donors (Lipinski definition) is 0. The molecule has 0 spiro atoms. The maximum absolute atomic E-state index is 8.08. The zero-order valence-electron chi connectivity index (χ0n) is 15.8. The molecule has 2 heteroatoms. The van der Waals surface area contributed by atoms with Gasteiger partial charge in [0.1, 0.15) is 0 Å². The number of allylic oxidation sites excluding steroid dienone is 1. The van der Waals surface area contributed by atoms with Crippen LogP contribution in [0.2, 0.25) is 0 Å². The van der Waals surface area contributed by atoms with Crippen molar-refractivity contribution in [2.45, 2.75) is 77.3 Å². The van der Waals surface area contributed by atoms with E-state index in [2.05, 4.69) is 44.0 Å². The van der Waals surface area contributed by atoms with Gasteiger partial charge in [0, 0.05) is 38.5 Å². The summed E-state index contributed by atoms with van der Waals surface area (Å²) >= 11 is 0. The largest absolute Gasteiger partial charge is 0.311 e. The van der Waals surface area contributed by atoms with Crippen LogP contribution in [0.4, 0.5) is 0 Å². The summed E-state index contributed by atoms with van der Waals surface area (Å²) in [5, 5.41) is 0. The van der Waals surface area contributed by atoms with E-state index >= 15 is 0 Å². The topological polar surface area (TPSA) is 8.72 Å². The predicted octanol–water partition coefficient (Wildman–Crippen LogP) is 6.02. The Balaban J connectivity index is 2.03. The summed E-state index contributed by atoms with van der Waals surface area (Å²) in [5.41, 5.74) is 0.927. The molecule has 0 saturated heterocycles. The van der Waals surface area contributed by atoms with Crippen LogP contribution in [-0.4, -0.2) is 11.1 Å². The fourth-order valence-corrected chi connectivity index (χ4v) is 6.55. The molecule has 130 valence electrons. The molecule has 3 fully saturated rings. The highest BCUT2D eigenvalue weighted by Gasteiger charge is 2.64. The van der Waals surface area contributed by atoms with Gasteiger partial charge in [-0.05, 0) is 49.4 Å². The van der Waals surface area contributed by atoms with E-state index in [4.69, 9.17) is 13.1 Å². The number of rotatable bonds is 2. The average molecular weight is 325 g/mol. The molecule has 0 radical (unpaired) electrons. The van der Waals surface area contributed by atoms with Crippen LogP contribution in [0, 0.1) is 48.7 Å². The maximum Gasteiger partial charge on any atom is 0.239 e. The van der Waals surface area contributed by atoms with Crippen molar-refractivity contribution in [3.05, 3.63) is 35.0 Å². The van der Waals surface area contributed by atoms with Crippen LogP contribution in [0.5, 0.6) is 0 Å². The molecule has 0 aromatic rings. The molecule has 3 aliphatic rings. The first-order valence-corrected chi connectivity index (χ1v) is 9.70. The van der Waals surface area contributed by atoms with E-state index in [9.17, 15) is 0 Å². The van der Waals surface area contributed by atoms with Crippen LogP contribution >= 0.6 is 0 Å². The Morgan fingerprint density at radius 3 is 2.58 bits per heavy atom. The molecule has 0 aromatic heterocycles. The number of hydrogen-bond acceptors (Lipinski definition) is 0. The first-order valence-electron chi connectivity index (χ1n) is 9.70. The molecule has 24 heavy (non-hydrogen) atoms. The third-order valence-electron chi connectivity index (χ3n) is 7.72. The lowest BCUT2D eigenvalue weighted by Gasteiger charge is -2.57. The second-order valence-electron chi connectivity index (χ2n) is 9.56. The van der Waals surface area contributed by atoms with Crippen LogP contribution in [0.3, 0.4) is 0 Å². The normalized spacial score (nSPS) is 45.0. The quantitative estimate of drug-likeness (QED) is 0.434. The van der Waals surface area contributed by atoms with Crippen molar-refractivity contribution in [3.63, 3.8) is 0 Å². The predicted molar refractivity (Wildman–Crippen MR) is 99.1 cm³/mol. The second-order valence-corrected chi connectivity index (χ2v) is 9.56. The lowest BCUT2D eigenvalue weighted by atomic mass is 9.45. The first-order chi connectivity index (χ1) is 11.3. The maximum atomic E-state index is 8.08. The van der Waals surface area contributed by atoms with Crippen LogP contribution in [0.25, 0.3) is 9.69 Å². The summed E-state index contributed by atoms with van der Waals surface area (Å²) in [6.45, 7) is 29.0. The molecule has 0 amide bonds. The molecule has 3 rings (SSSR count). The molecule has 7 unspecified atom stereocenters. The summed E-state index contributed by atoms with van der Waals surface area (Å²) in [5.74, 6) is 3.35. The summed E-state index contributed by atoms with van der Waals surface area (Å²) in [7, 11) is 0. The highest BCUT2D eigenvalue weighted by molar-refractivity contribution is 5.25. The summed E-state index contributed by atoms with van der Waals surface area (Å²) < 4.78 is 0. The van der Waals surface area contributed by atoms with Crippen molar-refractivity contribution in [1.82, 2.24) is 0 Å². The Hall–Kier alpha value is -1.28. The third kappa shape index (κ3) is 2.50. The lowest BCUT2D eigenvalue weighted by Crippen LogP contribution is -2.59. The van der Waals surface area contributed by atoms with Crippen LogP contribution in [-0.2, 0) is 0 Å². The Morgan fingerprint density at radius 2 is 1.96 bits per heavy atom. The van der Waals surface area contributed by atoms with Gasteiger partial charge in [0.05, 0.1) is 0 Å². The second kappa shape index (κ2) is 5.91. The zero-order valence-corrected chi connectivity index (χ0v) is 15.8. The minimum absolute atomic E-state index is 0.163. The van der Waals surface area contributed by atoms with Crippen molar-refractivity contribution in [1.29, 1.82) is 0 Å². The molecule has 0 aliphatic heterocycles. The SMILES string of the molecule is [C-]#[N+]C(C)(C)CC1CC(C)C2CCC(C)C3([N+]#[C-])CCC(=C)C1C23. The molecular formula is C22H32N2. The Kier molecular flexibility index (Phi) is 4.32. The van der Waals surface area contributed by atoms with Gasteiger partial charge < -0.3 is 9.69 Å². The molecule has 0 aromatic carbocycles. The monoisotopic (exact) mass is 324 g/mol. The summed E-state index contributed by atoms with van der Waals surface area (Å²) in [6.07, 6.45) is 6.70. The zero-order chi connectivity index (χ0) is 17.7. The minimum Gasteiger partial charge on any atom is -0.311 e. The average Bonchev–Trinajstić information content (AvgIpc) is 2.54. The third-order valence-corrected chi connectivity index (χ3v) is 7.72. The molecule has 2 nitrogen and oxygen atoms in total. The fourth-order valence-electron chi connectivity index (χ4n) is 6.55. The Bertz CT molecular complexity index is 604.